The molecule has 0 saturated heterocycles. The SMILES string of the molecule is CNCC(C)C(=O)NC(C)C(C)(C)C. The normalized spacial score (nSPS) is 16.1. The van der Waals surface area contributed by atoms with Crippen LogP contribution in [0.3, 0.4) is 0 Å². The standard InChI is InChI=1S/C11H24N2O/c1-8(7-12-6)10(14)13-9(2)11(3,4)5/h8-9,12H,7H2,1-6H3,(H,13,14). The molecule has 0 aromatic heterocycles. The van der Waals surface area contributed by atoms with Crippen LogP contribution in [-0.2, 0) is 4.79 Å². The van der Waals surface area contributed by atoms with Gasteiger partial charge in [0.2, 0.25) is 5.91 Å². The lowest BCUT2D eigenvalue weighted by Gasteiger charge is -2.29. The maximum Gasteiger partial charge on any atom is 0.224 e. The molecule has 2 atom stereocenters. The summed E-state index contributed by atoms with van der Waals surface area (Å²) >= 11 is 0. The van der Waals surface area contributed by atoms with Gasteiger partial charge in [0.15, 0.2) is 0 Å². The number of rotatable bonds is 4. The Morgan fingerprint density at radius 1 is 1.29 bits per heavy atom. The molecule has 0 aliphatic heterocycles. The van der Waals surface area contributed by atoms with Gasteiger partial charge < -0.3 is 10.6 Å². The van der Waals surface area contributed by atoms with E-state index in [1.807, 2.05) is 20.9 Å². The molecule has 0 heterocycles. The number of nitrogens with one attached hydrogen (secondary N) is 2. The highest BCUT2D eigenvalue weighted by molar-refractivity contribution is 5.78. The van der Waals surface area contributed by atoms with Crippen LogP contribution in [0.4, 0.5) is 0 Å². The predicted molar refractivity (Wildman–Crippen MR) is 60.2 cm³/mol. The Bertz CT molecular complexity index is 184. The first kappa shape index (κ1) is 13.4. The minimum atomic E-state index is 0.0322. The molecule has 0 aliphatic carbocycles. The average Bonchev–Trinajstić information content (AvgIpc) is 2.02. The Balaban J connectivity index is 4.06. The monoisotopic (exact) mass is 200 g/mol. The summed E-state index contributed by atoms with van der Waals surface area (Å²) in [5.41, 5.74) is 0.120. The minimum Gasteiger partial charge on any atom is -0.353 e. The molecule has 2 unspecified atom stereocenters. The minimum absolute atomic E-state index is 0.0322. The van der Waals surface area contributed by atoms with Crippen molar-refractivity contribution in [3.05, 3.63) is 0 Å². The molecule has 0 saturated carbocycles. The molecule has 84 valence electrons. The molecule has 0 rings (SSSR count). The van der Waals surface area contributed by atoms with Gasteiger partial charge >= 0.3 is 0 Å². The first-order chi connectivity index (χ1) is 6.29. The summed E-state index contributed by atoms with van der Waals surface area (Å²) in [6.07, 6.45) is 0. The maximum absolute atomic E-state index is 11.6. The lowest BCUT2D eigenvalue weighted by atomic mass is 9.88. The van der Waals surface area contributed by atoms with Crippen molar-refractivity contribution in [3.8, 4) is 0 Å². The van der Waals surface area contributed by atoms with Gasteiger partial charge in [0.05, 0.1) is 0 Å². The summed E-state index contributed by atoms with van der Waals surface area (Å²) in [6, 6.07) is 0.203. The van der Waals surface area contributed by atoms with Crippen molar-refractivity contribution in [1.82, 2.24) is 10.6 Å². The highest BCUT2D eigenvalue weighted by Crippen LogP contribution is 2.18. The quantitative estimate of drug-likeness (QED) is 0.720. The first-order valence-corrected chi connectivity index (χ1v) is 5.24. The lowest BCUT2D eigenvalue weighted by Crippen LogP contribution is -2.45. The lowest BCUT2D eigenvalue weighted by molar-refractivity contribution is -0.125. The van der Waals surface area contributed by atoms with Crippen LogP contribution in [0.2, 0.25) is 0 Å². The van der Waals surface area contributed by atoms with Crippen LogP contribution in [0.25, 0.3) is 0 Å². The second-order valence-electron chi connectivity index (χ2n) is 5.06. The Hall–Kier alpha value is -0.570. The number of hydrogen-bond acceptors (Lipinski definition) is 2. The highest BCUT2D eigenvalue weighted by Gasteiger charge is 2.23. The molecule has 1 amide bonds. The number of carbonyl (C=O) groups excluding carboxylic acids is 1. The van der Waals surface area contributed by atoms with E-state index in [1.54, 1.807) is 0 Å². The van der Waals surface area contributed by atoms with Crippen molar-refractivity contribution in [1.29, 1.82) is 0 Å². The number of amides is 1. The summed E-state index contributed by atoms with van der Waals surface area (Å²) in [5.74, 6) is 0.159. The van der Waals surface area contributed by atoms with Gasteiger partial charge in [-0.3, -0.25) is 4.79 Å². The summed E-state index contributed by atoms with van der Waals surface area (Å²) in [7, 11) is 1.86. The topological polar surface area (TPSA) is 41.1 Å². The largest absolute Gasteiger partial charge is 0.353 e. The number of carbonyl (C=O) groups is 1. The van der Waals surface area contributed by atoms with E-state index in [1.165, 1.54) is 0 Å². The molecule has 0 aromatic carbocycles. The van der Waals surface area contributed by atoms with Gasteiger partial charge in [0, 0.05) is 18.5 Å². The third-order valence-corrected chi connectivity index (χ3v) is 2.62. The summed E-state index contributed by atoms with van der Waals surface area (Å²) < 4.78 is 0. The molecule has 3 nitrogen and oxygen atoms in total. The van der Waals surface area contributed by atoms with Gasteiger partial charge in [-0.05, 0) is 19.4 Å². The Morgan fingerprint density at radius 3 is 2.14 bits per heavy atom. The Morgan fingerprint density at radius 2 is 1.79 bits per heavy atom. The van der Waals surface area contributed by atoms with E-state index in [0.29, 0.717) is 0 Å². The van der Waals surface area contributed by atoms with Gasteiger partial charge in [-0.2, -0.15) is 0 Å². The van der Waals surface area contributed by atoms with E-state index < -0.39 is 0 Å². The zero-order chi connectivity index (χ0) is 11.4. The van der Waals surface area contributed by atoms with E-state index >= 15 is 0 Å². The zero-order valence-corrected chi connectivity index (χ0v) is 10.3. The molecule has 0 radical (unpaired) electrons. The molecule has 2 N–H and O–H groups in total. The fourth-order valence-electron chi connectivity index (χ4n) is 0.971. The molecule has 0 aliphatic rings. The molecule has 0 aromatic rings. The van der Waals surface area contributed by atoms with Crippen LogP contribution in [0.15, 0.2) is 0 Å². The molecule has 14 heavy (non-hydrogen) atoms. The molecule has 0 bridgehead atoms. The van der Waals surface area contributed by atoms with Gasteiger partial charge in [0.25, 0.3) is 0 Å². The van der Waals surface area contributed by atoms with Gasteiger partial charge in [0.1, 0.15) is 0 Å². The van der Waals surface area contributed by atoms with E-state index in [0.717, 1.165) is 6.54 Å². The third-order valence-electron chi connectivity index (χ3n) is 2.62. The van der Waals surface area contributed by atoms with E-state index in [-0.39, 0.29) is 23.3 Å². The zero-order valence-electron chi connectivity index (χ0n) is 10.3. The Kier molecular flexibility index (Phi) is 5.13. The maximum atomic E-state index is 11.6. The van der Waals surface area contributed by atoms with Gasteiger partial charge in [-0.25, -0.2) is 0 Å². The third kappa shape index (κ3) is 4.61. The van der Waals surface area contributed by atoms with Crippen molar-refractivity contribution >= 4 is 5.91 Å². The smallest absolute Gasteiger partial charge is 0.224 e. The van der Waals surface area contributed by atoms with Crippen molar-refractivity contribution in [3.63, 3.8) is 0 Å². The first-order valence-electron chi connectivity index (χ1n) is 5.24. The van der Waals surface area contributed by atoms with Crippen molar-refractivity contribution < 1.29 is 4.79 Å². The highest BCUT2D eigenvalue weighted by atomic mass is 16.1. The predicted octanol–water partition coefficient (Wildman–Crippen LogP) is 1.39. The van der Waals surface area contributed by atoms with Gasteiger partial charge in [-0.1, -0.05) is 27.7 Å². The van der Waals surface area contributed by atoms with E-state index in [4.69, 9.17) is 0 Å². The van der Waals surface area contributed by atoms with Crippen LogP contribution < -0.4 is 10.6 Å². The van der Waals surface area contributed by atoms with Gasteiger partial charge in [-0.15, -0.1) is 0 Å². The summed E-state index contributed by atoms with van der Waals surface area (Å²) in [4.78, 5) is 11.6. The van der Waals surface area contributed by atoms with E-state index in [9.17, 15) is 4.79 Å². The van der Waals surface area contributed by atoms with Crippen LogP contribution in [0.1, 0.15) is 34.6 Å². The fourth-order valence-corrected chi connectivity index (χ4v) is 0.971. The van der Waals surface area contributed by atoms with Crippen molar-refractivity contribution in [2.24, 2.45) is 11.3 Å². The summed E-state index contributed by atoms with van der Waals surface area (Å²) in [5, 5.41) is 6.02. The fraction of sp³-hybridized carbons (Fsp3) is 0.909. The average molecular weight is 200 g/mol. The molecular weight excluding hydrogens is 176 g/mol. The van der Waals surface area contributed by atoms with Crippen LogP contribution in [0, 0.1) is 11.3 Å². The second kappa shape index (κ2) is 5.35. The van der Waals surface area contributed by atoms with E-state index in [2.05, 4.69) is 31.4 Å². The second-order valence-corrected chi connectivity index (χ2v) is 5.06. The van der Waals surface area contributed by atoms with Crippen molar-refractivity contribution in [2.75, 3.05) is 13.6 Å². The molecule has 3 heteroatoms. The van der Waals surface area contributed by atoms with Crippen molar-refractivity contribution in [2.45, 2.75) is 40.7 Å². The van der Waals surface area contributed by atoms with Crippen LogP contribution in [0.5, 0.6) is 0 Å². The van der Waals surface area contributed by atoms with Crippen LogP contribution in [-0.4, -0.2) is 25.5 Å². The molecule has 0 spiro atoms. The number of hydrogen-bond donors (Lipinski definition) is 2. The van der Waals surface area contributed by atoms with Crippen LogP contribution >= 0.6 is 0 Å². The Labute approximate surface area is 87.6 Å². The molecular formula is C11H24N2O. The molecule has 0 fully saturated rings. The summed E-state index contributed by atoms with van der Waals surface area (Å²) in [6.45, 7) is 11.1.